The second-order valence-corrected chi connectivity index (χ2v) is 4.80. The summed E-state index contributed by atoms with van der Waals surface area (Å²) in [6.45, 7) is 11.9. The highest BCUT2D eigenvalue weighted by atomic mass is 16.4. The molecule has 0 unspecified atom stereocenters. The molecule has 0 atom stereocenters. The summed E-state index contributed by atoms with van der Waals surface area (Å²) in [4.78, 5) is 11.2. The largest absolute Gasteiger partial charge is 0.478 e. The number of hydrogen-bond acceptors (Lipinski definition) is 2. The van der Waals surface area contributed by atoms with Crippen LogP contribution in [0, 0.1) is 5.41 Å². The molecule has 0 saturated carbocycles. The highest BCUT2D eigenvalue weighted by molar-refractivity contribution is 5.78. The van der Waals surface area contributed by atoms with Crippen molar-refractivity contribution in [2.45, 2.75) is 34.1 Å². The van der Waals surface area contributed by atoms with Gasteiger partial charge in [0.05, 0.1) is 0 Å². The number of carboxylic acids is 1. The van der Waals surface area contributed by atoms with Crippen molar-refractivity contribution in [2.24, 2.45) is 5.41 Å². The zero-order valence-electron chi connectivity index (χ0n) is 11.3. The van der Waals surface area contributed by atoms with E-state index in [1.807, 2.05) is 26.0 Å². The Labute approximate surface area is 94.8 Å². The Morgan fingerprint density at radius 2 is 1.47 bits per heavy atom. The summed E-state index contributed by atoms with van der Waals surface area (Å²) in [7, 11) is 6.00. The van der Waals surface area contributed by atoms with Crippen LogP contribution in [0.15, 0.2) is 12.7 Å². The van der Waals surface area contributed by atoms with Crippen LogP contribution in [0.5, 0.6) is 0 Å². The Hall–Kier alpha value is -0.830. The molecule has 0 aliphatic rings. The molecule has 3 nitrogen and oxygen atoms in total. The molecular formula is C12H27NO2. The lowest BCUT2D eigenvalue weighted by Crippen LogP contribution is -2.00. The summed E-state index contributed by atoms with van der Waals surface area (Å²) >= 11 is 0. The number of carboxylic acid groups (broad SMARTS) is 1. The third-order valence-electron chi connectivity index (χ3n) is 1.24. The van der Waals surface area contributed by atoms with Gasteiger partial charge < -0.3 is 10.0 Å². The second-order valence-electron chi connectivity index (χ2n) is 4.80. The van der Waals surface area contributed by atoms with E-state index in [-0.39, 0.29) is 0 Å². The molecule has 15 heavy (non-hydrogen) atoms. The van der Waals surface area contributed by atoms with Gasteiger partial charge in [0, 0.05) is 6.08 Å². The van der Waals surface area contributed by atoms with Crippen LogP contribution >= 0.6 is 0 Å². The van der Waals surface area contributed by atoms with Gasteiger partial charge in [0.15, 0.2) is 0 Å². The predicted octanol–water partition coefficient (Wildman–Crippen LogP) is 2.88. The van der Waals surface area contributed by atoms with Crippen molar-refractivity contribution in [3.8, 4) is 0 Å². The predicted molar refractivity (Wildman–Crippen MR) is 67.2 cm³/mol. The van der Waals surface area contributed by atoms with Gasteiger partial charge in [0.1, 0.15) is 0 Å². The van der Waals surface area contributed by atoms with E-state index in [4.69, 9.17) is 5.11 Å². The first-order chi connectivity index (χ1) is 6.56. The average Bonchev–Trinajstić information content (AvgIpc) is 2.03. The van der Waals surface area contributed by atoms with Gasteiger partial charge in [-0.3, -0.25) is 0 Å². The van der Waals surface area contributed by atoms with Gasteiger partial charge in [-0.25, -0.2) is 4.79 Å². The van der Waals surface area contributed by atoms with Crippen LogP contribution in [-0.2, 0) is 4.79 Å². The van der Waals surface area contributed by atoms with Crippen molar-refractivity contribution in [2.75, 3.05) is 21.1 Å². The third kappa shape index (κ3) is 94.5. The van der Waals surface area contributed by atoms with Gasteiger partial charge in [0.25, 0.3) is 0 Å². The maximum atomic E-state index is 9.25. The first kappa shape index (κ1) is 19.7. The molecule has 1 N–H and O–H groups in total. The number of aliphatic carboxylic acids is 1. The number of carbonyl (C=O) groups is 1. The zero-order valence-corrected chi connectivity index (χ0v) is 11.3. The minimum Gasteiger partial charge on any atom is -0.478 e. The molecule has 92 valence electrons. The lowest BCUT2D eigenvalue weighted by molar-refractivity contribution is -0.131. The molecule has 0 heterocycles. The summed E-state index contributed by atoms with van der Waals surface area (Å²) in [5.74, 6) is -0.981. The van der Waals surface area contributed by atoms with Crippen LogP contribution in [0.25, 0.3) is 0 Å². The Balaban J connectivity index is -0.000000147. The molecule has 0 aliphatic heterocycles. The summed E-state index contributed by atoms with van der Waals surface area (Å²) in [5.41, 5.74) is 0.542. The molecule has 0 aromatic rings. The number of nitrogens with zero attached hydrogens (tertiary/aromatic N) is 1. The molecule has 0 aromatic heterocycles. The van der Waals surface area contributed by atoms with Crippen LogP contribution < -0.4 is 0 Å². The highest BCUT2D eigenvalue weighted by Gasteiger charge is 2.03. The summed E-state index contributed by atoms with van der Waals surface area (Å²) in [5, 5.41) is 7.60. The van der Waals surface area contributed by atoms with Gasteiger partial charge in [-0.2, -0.15) is 0 Å². The number of hydrogen-bond donors (Lipinski definition) is 1. The van der Waals surface area contributed by atoms with Gasteiger partial charge in [-0.1, -0.05) is 40.7 Å². The van der Waals surface area contributed by atoms with E-state index in [0.29, 0.717) is 5.41 Å². The Morgan fingerprint density at radius 3 is 1.47 bits per heavy atom. The van der Waals surface area contributed by atoms with Gasteiger partial charge in [0.2, 0.25) is 0 Å². The van der Waals surface area contributed by atoms with Crippen molar-refractivity contribution in [1.29, 1.82) is 0 Å². The lowest BCUT2D eigenvalue weighted by atomic mass is 9.94. The molecule has 0 fully saturated rings. The highest BCUT2D eigenvalue weighted by Crippen LogP contribution is 2.16. The molecule has 0 amide bonds. The molecule has 0 bridgehead atoms. The molecule has 0 spiro atoms. The van der Waals surface area contributed by atoms with Crippen molar-refractivity contribution >= 4 is 5.97 Å². The minimum absolute atomic E-state index is 0.542. The second kappa shape index (κ2) is 11.2. The van der Waals surface area contributed by atoms with Gasteiger partial charge >= 0.3 is 5.97 Å². The molecule has 0 rings (SSSR count). The SMILES string of the molecule is C=CC(=O)O.CCC(C)(C)C.CN(C)C. The van der Waals surface area contributed by atoms with Crippen molar-refractivity contribution < 1.29 is 9.90 Å². The first-order valence-corrected chi connectivity index (χ1v) is 5.03. The van der Waals surface area contributed by atoms with Crippen molar-refractivity contribution in [3.63, 3.8) is 0 Å². The fourth-order valence-electron chi connectivity index (χ4n) is 0. The molecule has 0 aliphatic carbocycles. The van der Waals surface area contributed by atoms with Crippen LogP contribution in [0.1, 0.15) is 34.1 Å². The zero-order chi connectivity index (χ0) is 13.1. The normalized spacial score (nSPS) is 9.33. The molecular weight excluding hydrogens is 190 g/mol. The Morgan fingerprint density at radius 1 is 1.33 bits per heavy atom. The Kier molecular flexibility index (Phi) is 14.8. The summed E-state index contributed by atoms with van der Waals surface area (Å²) in [6.07, 6.45) is 2.10. The van der Waals surface area contributed by atoms with E-state index in [1.54, 1.807) is 0 Å². The van der Waals surface area contributed by atoms with Gasteiger partial charge in [-0.15, -0.1) is 0 Å². The number of rotatable bonds is 1. The topological polar surface area (TPSA) is 40.5 Å². The molecule has 3 heteroatoms. The maximum Gasteiger partial charge on any atom is 0.327 e. The minimum atomic E-state index is -0.981. The van der Waals surface area contributed by atoms with E-state index in [2.05, 4.69) is 34.3 Å². The van der Waals surface area contributed by atoms with E-state index in [0.717, 1.165) is 6.08 Å². The van der Waals surface area contributed by atoms with E-state index >= 15 is 0 Å². The van der Waals surface area contributed by atoms with E-state index < -0.39 is 5.97 Å². The molecule has 0 radical (unpaired) electrons. The van der Waals surface area contributed by atoms with Crippen LogP contribution in [-0.4, -0.2) is 37.1 Å². The average molecular weight is 217 g/mol. The molecule has 0 saturated heterocycles. The van der Waals surface area contributed by atoms with E-state index in [1.165, 1.54) is 6.42 Å². The summed E-state index contributed by atoms with van der Waals surface area (Å²) < 4.78 is 0. The third-order valence-corrected chi connectivity index (χ3v) is 1.24. The van der Waals surface area contributed by atoms with Gasteiger partial charge in [-0.05, 0) is 26.6 Å². The van der Waals surface area contributed by atoms with E-state index in [9.17, 15) is 4.79 Å². The quantitative estimate of drug-likeness (QED) is 0.687. The fraction of sp³-hybridized carbons (Fsp3) is 0.750. The summed E-state index contributed by atoms with van der Waals surface area (Å²) in [6, 6.07) is 0. The van der Waals surface area contributed by atoms with Crippen LogP contribution in [0.3, 0.4) is 0 Å². The van der Waals surface area contributed by atoms with Crippen molar-refractivity contribution in [1.82, 2.24) is 4.90 Å². The smallest absolute Gasteiger partial charge is 0.327 e. The lowest BCUT2D eigenvalue weighted by Gasteiger charge is -2.12. The van der Waals surface area contributed by atoms with Crippen molar-refractivity contribution in [3.05, 3.63) is 12.7 Å². The molecule has 0 aromatic carbocycles. The van der Waals surface area contributed by atoms with Crippen LogP contribution in [0.2, 0.25) is 0 Å². The fourth-order valence-corrected chi connectivity index (χ4v) is 0. The standard InChI is InChI=1S/C6H14.C3H9N.C3H4O2/c1-5-6(2,3)4;1-4(2)3;1-2-3(4)5/h5H2,1-4H3;1-3H3;2H,1H2,(H,4,5). The maximum absolute atomic E-state index is 9.25. The Bertz CT molecular complexity index is 155. The van der Waals surface area contributed by atoms with Crippen LogP contribution in [0.4, 0.5) is 0 Å². The first-order valence-electron chi connectivity index (χ1n) is 5.03. The monoisotopic (exact) mass is 217 g/mol.